The van der Waals surface area contributed by atoms with Crippen LogP contribution in [0.4, 0.5) is 0 Å². The molecule has 0 aliphatic carbocycles. The molecule has 88 valence electrons. The number of amides is 1. The summed E-state index contributed by atoms with van der Waals surface area (Å²) in [6.07, 6.45) is 4.42. The van der Waals surface area contributed by atoms with Crippen LogP contribution in [0.5, 0.6) is 0 Å². The summed E-state index contributed by atoms with van der Waals surface area (Å²) in [5.74, 6) is 0.758. The second-order valence-electron chi connectivity index (χ2n) is 3.15. The molecule has 1 amide bonds. The van der Waals surface area contributed by atoms with E-state index in [0.29, 0.717) is 12.3 Å². The quantitative estimate of drug-likeness (QED) is 0.392. The molecule has 0 aromatic rings. The highest BCUT2D eigenvalue weighted by Crippen LogP contribution is 1.92. The van der Waals surface area contributed by atoms with Crippen LogP contribution < -0.4 is 5.32 Å². The fraction of sp³-hybridized carbons (Fsp3) is 0.727. The molecule has 0 fully saturated rings. The van der Waals surface area contributed by atoms with E-state index in [2.05, 4.69) is 5.32 Å². The molecular formula is C11H21ClN2O. The first-order valence-electron chi connectivity index (χ1n) is 5.45. The molecule has 4 heteroatoms. The number of alkyl halides is 1. The third-order valence-corrected chi connectivity index (χ3v) is 2.33. The van der Waals surface area contributed by atoms with Gasteiger partial charge in [0.15, 0.2) is 0 Å². The highest BCUT2D eigenvalue weighted by Gasteiger charge is 2.07. The Bertz CT molecular complexity index is 191. The second kappa shape index (κ2) is 9.99. The zero-order chi connectivity index (χ0) is 11.5. The lowest BCUT2D eigenvalue weighted by atomic mass is 10.3. The van der Waals surface area contributed by atoms with Crippen molar-refractivity contribution >= 4 is 17.5 Å². The number of rotatable bonds is 8. The van der Waals surface area contributed by atoms with Crippen molar-refractivity contribution < 1.29 is 4.79 Å². The van der Waals surface area contributed by atoms with E-state index in [1.807, 2.05) is 30.9 Å². The Morgan fingerprint density at radius 3 is 2.53 bits per heavy atom. The van der Waals surface area contributed by atoms with Gasteiger partial charge in [-0.15, -0.1) is 11.6 Å². The summed E-state index contributed by atoms with van der Waals surface area (Å²) in [4.78, 5) is 13.4. The lowest BCUT2D eigenvalue weighted by Crippen LogP contribution is -2.32. The Labute approximate surface area is 97.5 Å². The number of halogens is 1. The first-order chi connectivity index (χ1) is 7.26. The van der Waals surface area contributed by atoms with Gasteiger partial charge in [-0.25, -0.2) is 0 Å². The van der Waals surface area contributed by atoms with Gasteiger partial charge in [0.05, 0.1) is 0 Å². The maximum atomic E-state index is 11.5. The maximum Gasteiger partial charge on any atom is 0.223 e. The highest BCUT2D eigenvalue weighted by atomic mass is 35.5. The van der Waals surface area contributed by atoms with Crippen LogP contribution in [0.25, 0.3) is 0 Å². The van der Waals surface area contributed by atoms with Crippen LogP contribution in [0.1, 0.15) is 20.3 Å². The van der Waals surface area contributed by atoms with Crippen LogP contribution in [0.15, 0.2) is 12.2 Å². The summed E-state index contributed by atoms with van der Waals surface area (Å²) in [5.41, 5.74) is 0. The molecule has 0 aliphatic rings. The number of carbonyl (C=O) groups is 1. The van der Waals surface area contributed by atoms with Gasteiger partial charge in [0.25, 0.3) is 0 Å². The molecule has 0 saturated heterocycles. The number of hydrogen-bond donors (Lipinski definition) is 1. The summed E-state index contributed by atoms with van der Waals surface area (Å²) < 4.78 is 0. The van der Waals surface area contributed by atoms with E-state index in [0.717, 1.165) is 26.2 Å². The lowest BCUT2D eigenvalue weighted by molar-refractivity contribution is -0.130. The van der Waals surface area contributed by atoms with Crippen molar-refractivity contribution in [2.24, 2.45) is 0 Å². The standard InChI is InChI=1S/C11H21ClN2O/c1-3-14(4-2)11(15)7-10-13-9-6-5-8-12/h5-6,13H,3-4,7-10H2,1-2H3/b6-5+. The van der Waals surface area contributed by atoms with Crippen LogP contribution in [0.3, 0.4) is 0 Å². The van der Waals surface area contributed by atoms with E-state index in [9.17, 15) is 4.79 Å². The van der Waals surface area contributed by atoms with Gasteiger partial charge in [-0.2, -0.15) is 0 Å². The second-order valence-corrected chi connectivity index (χ2v) is 3.45. The molecule has 0 atom stereocenters. The van der Waals surface area contributed by atoms with Gasteiger partial charge < -0.3 is 10.2 Å². The van der Waals surface area contributed by atoms with Gasteiger partial charge in [-0.1, -0.05) is 12.2 Å². The summed E-state index contributed by atoms with van der Waals surface area (Å²) >= 11 is 5.47. The number of nitrogens with zero attached hydrogens (tertiary/aromatic N) is 1. The Kier molecular flexibility index (Phi) is 9.63. The van der Waals surface area contributed by atoms with E-state index in [1.165, 1.54) is 0 Å². The third kappa shape index (κ3) is 7.40. The van der Waals surface area contributed by atoms with E-state index >= 15 is 0 Å². The molecule has 1 N–H and O–H groups in total. The summed E-state index contributed by atoms with van der Waals surface area (Å²) in [6, 6.07) is 0. The molecule has 15 heavy (non-hydrogen) atoms. The molecular weight excluding hydrogens is 212 g/mol. The normalized spacial score (nSPS) is 10.9. The summed E-state index contributed by atoms with van der Waals surface area (Å²) in [6.45, 7) is 7.08. The van der Waals surface area contributed by atoms with E-state index < -0.39 is 0 Å². The molecule has 3 nitrogen and oxygen atoms in total. The Balaban J connectivity index is 3.50. The van der Waals surface area contributed by atoms with E-state index in [-0.39, 0.29) is 5.91 Å². The number of hydrogen-bond acceptors (Lipinski definition) is 2. The molecule has 0 radical (unpaired) electrons. The SMILES string of the molecule is CCN(CC)C(=O)CCNC/C=C/CCl. The van der Waals surface area contributed by atoms with Crippen molar-refractivity contribution in [3.63, 3.8) is 0 Å². The number of nitrogens with one attached hydrogen (secondary N) is 1. The van der Waals surface area contributed by atoms with E-state index in [1.54, 1.807) is 0 Å². The highest BCUT2D eigenvalue weighted by molar-refractivity contribution is 6.18. The average molecular weight is 233 g/mol. The number of allylic oxidation sites excluding steroid dienone is 1. The molecule has 0 aromatic carbocycles. The van der Waals surface area contributed by atoms with Crippen molar-refractivity contribution in [2.45, 2.75) is 20.3 Å². The van der Waals surface area contributed by atoms with Crippen LogP contribution in [0, 0.1) is 0 Å². The molecule has 0 heterocycles. The zero-order valence-electron chi connectivity index (χ0n) is 9.63. The number of carbonyl (C=O) groups excluding carboxylic acids is 1. The fourth-order valence-corrected chi connectivity index (χ4v) is 1.39. The minimum atomic E-state index is 0.217. The van der Waals surface area contributed by atoms with E-state index in [4.69, 9.17) is 11.6 Å². The van der Waals surface area contributed by atoms with Gasteiger partial charge in [0.1, 0.15) is 0 Å². The Morgan fingerprint density at radius 2 is 2.00 bits per heavy atom. The summed E-state index contributed by atoms with van der Waals surface area (Å²) in [5, 5.41) is 3.16. The maximum absolute atomic E-state index is 11.5. The van der Waals surface area contributed by atoms with Crippen molar-refractivity contribution in [2.75, 3.05) is 32.1 Å². The smallest absolute Gasteiger partial charge is 0.223 e. The molecule has 0 aliphatic heterocycles. The monoisotopic (exact) mass is 232 g/mol. The van der Waals surface area contributed by atoms with Crippen molar-refractivity contribution in [3.05, 3.63) is 12.2 Å². The molecule has 0 saturated carbocycles. The van der Waals surface area contributed by atoms with Gasteiger partial charge >= 0.3 is 0 Å². The molecule has 0 spiro atoms. The van der Waals surface area contributed by atoms with Gasteiger partial charge in [0, 0.05) is 38.5 Å². The topological polar surface area (TPSA) is 32.3 Å². The van der Waals surface area contributed by atoms with Crippen molar-refractivity contribution in [3.8, 4) is 0 Å². The van der Waals surface area contributed by atoms with Gasteiger partial charge in [-0.05, 0) is 13.8 Å². The van der Waals surface area contributed by atoms with Gasteiger partial charge in [-0.3, -0.25) is 4.79 Å². The summed E-state index contributed by atoms with van der Waals surface area (Å²) in [7, 11) is 0. The van der Waals surface area contributed by atoms with Gasteiger partial charge in [0.2, 0.25) is 5.91 Å². The molecule has 0 unspecified atom stereocenters. The van der Waals surface area contributed by atoms with Crippen molar-refractivity contribution in [1.82, 2.24) is 10.2 Å². The molecule has 0 rings (SSSR count). The fourth-order valence-electron chi connectivity index (χ4n) is 1.26. The largest absolute Gasteiger partial charge is 0.343 e. The average Bonchev–Trinajstić information content (AvgIpc) is 2.25. The van der Waals surface area contributed by atoms with Crippen LogP contribution >= 0.6 is 11.6 Å². The molecule has 0 bridgehead atoms. The predicted molar refractivity (Wildman–Crippen MR) is 65.3 cm³/mol. The predicted octanol–water partition coefficient (Wildman–Crippen LogP) is 1.63. The lowest BCUT2D eigenvalue weighted by Gasteiger charge is -2.18. The zero-order valence-corrected chi connectivity index (χ0v) is 10.4. The minimum absolute atomic E-state index is 0.217. The van der Waals surface area contributed by atoms with Crippen LogP contribution in [-0.2, 0) is 4.79 Å². The molecule has 0 aromatic heterocycles. The first kappa shape index (κ1) is 14.5. The third-order valence-electron chi connectivity index (χ3n) is 2.15. The minimum Gasteiger partial charge on any atom is -0.343 e. The van der Waals surface area contributed by atoms with Crippen LogP contribution in [-0.4, -0.2) is 42.9 Å². The van der Waals surface area contributed by atoms with Crippen molar-refractivity contribution in [1.29, 1.82) is 0 Å². The Morgan fingerprint density at radius 1 is 1.33 bits per heavy atom. The van der Waals surface area contributed by atoms with Crippen LogP contribution in [0.2, 0.25) is 0 Å². The first-order valence-corrected chi connectivity index (χ1v) is 5.99. The Hall–Kier alpha value is -0.540.